The second-order valence-corrected chi connectivity index (χ2v) is 5.09. The minimum atomic E-state index is -4.83. The first-order valence-corrected chi connectivity index (χ1v) is 7.40. The fraction of sp³-hybridized carbons (Fsp3) is 0.118. The van der Waals surface area contributed by atoms with Crippen LogP contribution in [-0.4, -0.2) is 22.2 Å². The van der Waals surface area contributed by atoms with Crippen LogP contribution in [-0.2, 0) is 6.54 Å². The van der Waals surface area contributed by atoms with Crippen molar-refractivity contribution in [3.05, 3.63) is 66.3 Å². The molecule has 9 heteroatoms. The number of rotatable bonds is 5. The number of halogens is 3. The predicted octanol–water partition coefficient (Wildman–Crippen LogP) is 3.57. The van der Waals surface area contributed by atoms with Crippen molar-refractivity contribution in [2.45, 2.75) is 12.9 Å². The first kappa shape index (κ1) is 17.5. The molecule has 0 aliphatic heterocycles. The van der Waals surface area contributed by atoms with Gasteiger partial charge in [-0.15, -0.1) is 13.2 Å². The normalized spacial score (nSPS) is 11.2. The van der Waals surface area contributed by atoms with Crippen molar-refractivity contribution in [3.8, 4) is 17.2 Å². The van der Waals surface area contributed by atoms with E-state index in [9.17, 15) is 18.0 Å². The molecule has 0 atom stereocenters. The van der Waals surface area contributed by atoms with Crippen LogP contribution in [0.5, 0.6) is 5.75 Å². The van der Waals surface area contributed by atoms with Gasteiger partial charge in [-0.25, -0.2) is 4.98 Å². The van der Waals surface area contributed by atoms with E-state index >= 15 is 0 Å². The molecule has 0 bridgehead atoms. The van der Waals surface area contributed by atoms with Crippen LogP contribution >= 0.6 is 0 Å². The fourth-order valence-corrected chi connectivity index (χ4v) is 2.22. The van der Waals surface area contributed by atoms with Gasteiger partial charge in [0.25, 0.3) is 5.91 Å². The second-order valence-electron chi connectivity index (χ2n) is 5.09. The number of hydrogen-bond acceptors (Lipinski definition) is 5. The van der Waals surface area contributed by atoms with Gasteiger partial charge in [-0.3, -0.25) is 9.78 Å². The van der Waals surface area contributed by atoms with Gasteiger partial charge in [0.05, 0.1) is 18.5 Å². The number of furan rings is 1. The molecule has 3 aromatic rings. The number of aromatic nitrogens is 2. The van der Waals surface area contributed by atoms with Crippen molar-refractivity contribution in [2.24, 2.45) is 0 Å². The van der Waals surface area contributed by atoms with Crippen LogP contribution in [0.3, 0.4) is 0 Å². The Morgan fingerprint density at radius 2 is 1.96 bits per heavy atom. The molecule has 26 heavy (non-hydrogen) atoms. The molecule has 2 aromatic heterocycles. The quantitative estimate of drug-likeness (QED) is 0.750. The third kappa shape index (κ3) is 4.38. The molecule has 1 amide bonds. The number of carbonyl (C=O) groups excluding carboxylic acids is 1. The molecule has 0 spiro atoms. The van der Waals surface area contributed by atoms with Crippen molar-refractivity contribution >= 4 is 5.91 Å². The van der Waals surface area contributed by atoms with Crippen molar-refractivity contribution in [1.82, 2.24) is 15.3 Å². The zero-order valence-electron chi connectivity index (χ0n) is 13.2. The van der Waals surface area contributed by atoms with Crippen LogP contribution in [0.1, 0.15) is 16.1 Å². The van der Waals surface area contributed by atoms with E-state index in [0.29, 0.717) is 17.1 Å². The minimum Gasteiger partial charge on any atom is -0.463 e. The Hall–Kier alpha value is -3.36. The average molecular weight is 363 g/mol. The van der Waals surface area contributed by atoms with Gasteiger partial charge in [0.1, 0.15) is 11.4 Å². The predicted molar refractivity (Wildman–Crippen MR) is 84.0 cm³/mol. The van der Waals surface area contributed by atoms with E-state index in [0.717, 1.165) is 12.1 Å². The average Bonchev–Trinajstić information content (AvgIpc) is 3.13. The SMILES string of the molecule is O=C(NCc1nccnc1-c1ccco1)c1cccc(OC(F)(F)F)c1. The summed E-state index contributed by atoms with van der Waals surface area (Å²) in [5.74, 6) is -0.558. The molecular weight excluding hydrogens is 351 g/mol. The molecule has 6 nitrogen and oxygen atoms in total. The van der Waals surface area contributed by atoms with Gasteiger partial charge in [0.2, 0.25) is 0 Å². The molecule has 0 saturated heterocycles. The molecule has 2 heterocycles. The van der Waals surface area contributed by atoms with E-state index in [1.54, 1.807) is 12.1 Å². The van der Waals surface area contributed by atoms with Crippen LogP contribution in [0.2, 0.25) is 0 Å². The lowest BCUT2D eigenvalue weighted by atomic mass is 10.2. The van der Waals surface area contributed by atoms with Crippen LogP contribution in [0.4, 0.5) is 13.2 Å². The fourth-order valence-electron chi connectivity index (χ4n) is 2.22. The summed E-state index contributed by atoms with van der Waals surface area (Å²) in [6.07, 6.45) is -0.391. The molecule has 0 radical (unpaired) electrons. The number of nitrogens with zero attached hydrogens (tertiary/aromatic N) is 2. The summed E-state index contributed by atoms with van der Waals surface area (Å²) < 4.78 is 45.9. The first-order chi connectivity index (χ1) is 12.4. The number of hydrogen-bond donors (Lipinski definition) is 1. The van der Waals surface area contributed by atoms with Crippen LogP contribution in [0, 0.1) is 0 Å². The maximum Gasteiger partial charge on any atom is 0.573 e. The van der Waals surface area contributed by atoms with Gasteiger partial charge in [-0.1, -0.05) is 6.07 Å². The molecule has 3 rings (SSSR count). The topological polar surface area (TPSA) is 77.3 Å². The van der Waals surface area contributed by atoms with Crippen molar-refractivity contribution in [3.63, 3.8) is 0 Å². The van der Waals surface area contributed by atoms with Gasteiger partial charge in [0.15, 0.2) is 5.76 Å². The highest BCUT2D eigenvalue weighted by Crippen LogP contribution is 2.23. The highest BCUT2D eigenvalue weighted by atomic mass is 19.4. The number of amides is 1. The number of benzene rings is 1. The lowest BCUT2D eigenvalue weighted by Gasteiger charge is -2.10. The molecule has 0 saturated carbocycles. The van der Waals surface area contributed by atoms with Crippen molar-refractivity contribution in [1.29, 1.82) is 0 Å². The number of ether oxygens (including phenoxy) is 1. The van der Waals surface area contributed by atoms with Gasteiger partial charge in [-0.2, -0.15) is 0 Å². The zero-order valence-corrected chi connectivity index (χ0v) is 13.2. The van der Waals surface area contributed by atoms with Crippen LogP contribution in [0.15, 0.2) is 59.5 Å². The minimum absolute atomic E-state index is 0.0209. The Balaban J connectivity index is 1.71. The van der Waals surface area contributed by atoms with Gasteiger partial charge < -0.3 is 14.5 Å². The Morgan fingerprint density at radius 3 is 2.69 bits per heavy atom. The van der Waals surface area contributed by atoms with E-state index in [2.05, 4.69) is 20.0 Å². The highest BCUT2D eigenvalue weighted by molar-refractivity contribution is 5.94. The summed E-state index contributed by atoms with van der Waals surface area (Å²) in [5.41, 5.74) is 0.945. The Kier molecular flexibility index (Phi) is 4.87. The summed E-state index contributed by atoms with van der Waals surface area (Å²) in [7, 11) is 0. The van der Waals surface area contributed by atoms with E-state index in [4.69, 9.17) is 4.42 Å². The third-order valence-electron chi connectivity index (χ3n) is 3.27. The smallest absolute Gasteiger partial charge is 0.463 e. The largest absolute Gasteiger partial charge is 0.573 e. The summed E-state index contributed by atoms with van der Waals surface area (Å²) >= 11 is 0. The first-order valence-electron chi connectivity index (χ1n) is 7.40. The lowest BCUT2D eigenvalue weighted by molar-refractivity contribution is -0.274. The van der Waals surface area contributed by atoms with E-state index in [-0.39, 0.29) is 12.1 Å². The monoisotopic (exact) mass is 363 g/mol. The maximum atomic E-state index is 12.3. The number of alkyl halides is 3. The Labute approximate surface area is 145 Å². The van der Waals surface area contributed by atoms with Gasteiger partial charge in [0, 0.05) is 18.0 Å². The Morgan fingerprint density at radius 1 is 1.15 bits per heavy atom. The maximum absolute atomic E-state index is 12.3. The lowest BCUT2D eigenvalue weighted by Crippen LogP contribution is -2.24. The summed E-state index contributed by atoms with van der Waals surface area (Å²) in [6.45, 7) is 0.0209. The summed E-state index contributed by atoms with van der Waals surface area (Å²) in [4.78, 5) is 20.5. The third-order valence-corrected chi connectivity index (χ3v) is 3.27. The summed E-state index contributed by atoms with van der Waals surface area (Å²) in [6, 6.07) is 8.19. The Bertz CT molecular complexity index is 896. The van der Waals surface area contributed by atoms with Crippen molar-refractivity contribution < 1.29 is 27.1 Å². The van der Waals surface area contributed by atoms with Crippen LogP contribution < -0.4 is 10.1 Å². The summed E-state index contributed by atoms with van der Waals surface area (Å²) in [5, 5.41) is 2.59. The molecule has 0 fully saturated rings. The number of nitrogens with one attached hydrogen (secondary N) is 1. The number of carbonyl (C=O) groups is 1. The molecule has 1 aromatic carbocycles. The zero-order chi connectivity index (χ0) is 18.6. The highest BCUT2D eigenvalue weighted by Gasteiger charge is 2.31. The molecule has 1 N–H and O–H groups in total. The van der Waals surface area contributed by atoms with Gasteiger partial charge >= 0.3 is 6.36 Å². The van der Waals surface area contributed by atoms with Crippen LogP contribution in [0.25, 0.3) is 11.5 Å². The van der Waals surface area contributed by atoms with E-state index in [1.165, 1.54) is 30.8 Å². The van der Waals surface area contributed by atoms with Gasteiger partial charge in [-0.05, 0) is 30.3 Å². The molecular formula is C17H12F3N3O3. The second kappa shape index (κ2) is 7.26. The van der Waals surface area contributed by atoms with E-state index in [1.807, 2.05) is 0 Å². The van der Waals surface area contributed by atoms with E-state index < -0.39 is 18.0 Å². The molecule has 0 unspecified atom stereocenters. The molecule has 134 valence electrons. The molecule has 0 aliphatic carbocycles. The molecule has 0 aliphatic rings. The standard InChI is InChI=1S/C17H12F3N3O3/c18-17(19,20)26-12-4-1-3-11(9-12)16(24)23-10-13-15(22-7-6-21-13)14-5-2-8-25-14/h1-9H,10H2,(H,23,24). The van der Waals surface area contributed by atoms with Crippen molar-refractivity contribution in [2.75, 3.05) is 0 Å².